The Morgan fingerprint density at radius 2 is 1.67 bits per heavy atom. The molecule has 0 aliphatic heterocycles. The molecule has 0 heterocycles. The highest BCUT2D eigenvalue weighted by atomic mass is 127. The lowest BCUT2D eigenvalue weighted by atomic mass is 10.1. The van der Waals surface area contributed by atoms with Crippen LogP contribution >= 0.6 is 22.6 Å². The lowest BCUT2D eigenvalue weighted by Gasteiger charge is -2.06. The first-order valence-electron chi connectivity index (χ1n) is 6.82. The van der Waals surface area contributed by atoms with Crippen LogP contribution in [0.2, 0.25) is 0 Å². The van der Waals surface area contributed by atoms with Gasteiger partial charge < -0.3 is 4.74 Å². The number of rotatable bonds is 6. The molecule has 1 atom stereocenters. The molecule has 2 nitrogen and oxygen atoms in total. The molecule has 0 fully saturated rings. The molecule has 1 unspecified atom stereocenters. The quantitative estimate of drug-likeness (QED) is 0.304. The van der Waals surface area contributed by atoms with E-state index in [0.29, 0.717) is 10.5 Å². The largest absolute Gasteiger partial charge is 0.458 e. The van der Waals surface area contributed by atoms with Crippen molar-refractivity contribution in [1.29, 1.82) is 0 Å². The van der Waals surface area contributed by atoms with Crippen molar-refractivity contribution in [1.82, 2.24) is 0 Å². The molecule has 3 heteroatoms. The van der Waals surface area contributed by atoms with Gasteiger partial charge in [0.2, 0.25) is 0 Å². The van der Waals surface area contributed by atoms with Gasteiger partial charge in [-0.3, -0.25) is 0 Å². The second kappa shape index (κ2) is 8.62. The Balaban J connectivity index is 1.75. The fourth-order valence-corrected chi connectivity index (χ4v) is 2.57. The monoisotopic (exact) mass is 392 g/mol. The number of ether oxygens (including phenoxy) is 1. The van der Waals surface area contributed by atoms with E-state index < -0.39 is 0 Å². The molecule has 0 aromatic heterocycles. The van der Waals surface area contributed by atoms with Crippen molar-refractivity contribution in [2.75, 3.05) is 0 Å². The minimum Gasteiger partial charge on any atom is -0.458 e. The van der Waals surface area contributed by atoms with Crippen LogP contribution in [0.25, 0.3) is 0 Å². The van der Waals surface area contributed by atoms with Crippen LogP contribution in [0.1, 0.15) is 21.5 Å². The molecule has 2 rings (SSSR count). The van der Waals surface area contributed by atoms with Crippen LogP contribution in [-0.4, -0.2) is 5.97 Å². The van der Waals surface area contributed by atoms with Crippen molar-refractivity contribution >= 4 is 28.6 Å². The fraction of sp³-hybridized carbons (Fsp3) is 0.167. The molecule has 0 radical (unpaired) electrons. The van der Waals surface area contributed by atoms with Gasteiger partial charge in [-0.25, -0.2) is 4.79 Å². The summed E-state index contributed by atoms with van der Waals surface area (Å²) in [4.78, 5) is 11.6. The zero-order chi connectivity index (χ0) is 14.9. The topological polar surface area (TPSA) is 26.3 Å². The lowest BCUT2D eigenvalue weighted by Crippen LogP contribution is -2.00. The van der Waals surface area contributed by atoms with Crippen molar-refractivity contribution in [2.45, 2.75) is 17.0 Å². The second-order valence-electron chi connectivity index (χ2n) is 4.61. The number of hydrogen-bond acceptors (Lipinski definition) is 2. The highest BCUT2D eigenvalue weighted by Crippen LogP contribution is 2.26. The summed E-state index contributed by atoms with van der Waals surface area (Å²) < 4.78 is 5.55. The van der Waals surface area contributed by atoms with Crippen LogP contribution in [-0.2, 0) is 16.1 Å². The van der Waals surface area contributed by atoms with Gasteiger partial charge in [0.1, 0.15) is 6.61 Å². The molecule has 2 aromatic rings. The molecule has 0 bridgehead atoms. The van der Waals surface area contributed by atoms with Crippen molar-refractivity contribution in [2.24, 2.45) is 0 Å². The van der Waals surface area contributed by atoms with E-state index in [9.17, 15) is 4.79 Å². The maximum Gasteiger partial charge on any atom is 0.330 e. The summed E-state index contributed by atoms with van der Waals surface area (Å²) in [5.41, 5.74) is 2.26. The number of benzene rings is 2. The van der Waals surface area contributed by atoms with E-state index in [-0.39, 0.29) is 5.97 Å². The molecule has 108 valence electrons. The average Bonchev–Trinajstić information content (AvgIpc) is 2.54. The van der Waals surface area contributed by atoms with E-state index in [4.69, 9.17) is 4.74 Å². The average molecular weight is 392 g/mol. The lowest BCUT2D eigenvalue weighted by molar-refractivity contribution is -0.139. The number of allylic oxidation sites excluding steroid dienone is 1. The first-order valence-corrected chi connectivity index (χ1v) is 8.06. The molecule has 0 aliphatic carbocycles. The van der Waals surface area contributed by atoms with Gasteiger partial charge >= 0.3 is 5.97 Å². The van der Waals surface area contributed by atoms with Crippen LogP contribution in [0.3, 0.4) is 0 Å². The first kappa shape index (κ1) is 15.8. The third kappa shape index (κ3) is 5.71. The van der Waals surface area contributed by atoms with E-state index in [1.165, 1.54) is 11.6 Å². The molecule has 0 amide bonds. The molecule has 0 N–H and O–H groups in total. The minimum atomic E-state index is -0.296. The Morgan fingerprint density at radius 3 is 2.33 bits per heavy atom. The summed E-state index contributed by atoms with van der Waals surface area (Å²) in [5.74, 6) is -0.296. The third-order valence-electron chi connectivity index (χ3n) is 2.98. The molecule has 0 spiro atoms. The molecule has 2 aromatic carbocycles. The highest BCUT2D eigenvalue weighted by molar-refractivity contribution is 14.1. The van der Waals surface area contributed by atoms with E-state index >= 15 is 0 Å². The van der Waals surface area contributed by atoms with E-state index in [2.05, 4.69) is 34.7 Å². The van der Waals surface area contributed by atoms with Crippen molar-refractivity contribution in [3.05, 3.63) is 83.9 Å². The van der Waals surface area contributed by atoms with Crippen LogP contribution in [0.15, 0.2) is 72.8 Å². The number of carbonyl (C=O) groups is 1. The first-order chi connectivity index (χ1) is 10.3. The molecule has 21 heavy (non-hydrogen) atoms. The summed E-state index contributed by atoms with van der Waals surface area (Å²) in [6.07, 6.45) is 4.19. The molecule has 0 saturated carbocycles. The summed E-state index contributed by atoms with van der Waals surface area (Å²) in [6, 6.07) is 19.9. The van der Waals surface area contributed by atoms with Crippen molar-refractivity contribution < 1.29 is 9.53 Å². The fourth-order valence-electron chi connectivity index (χ4n) is 1.86. The van der Waals surface area contributed by atoms with Gasteiger partial charge in [0.15, 0.2) is 0 Å². The predicted octanol–water partition coefficient (Wildman–Crippen LogP) is 4.85. The van der Waals surface area contributed by atoms with Crippen LogP contribution in [0.4, 0.5) is 0 Å². The Hall–Kier alpha value is -1.62. The van der Waals surface area contributed by atoms with E-state index in [0.717, 1.165) is 12.0 Å². The number of hydrogen-bond donors (Lipinski definition) is 0. The van der Waals surface area contributed by atoms with Crippen molar-refractivity contribution in [3.63, 3.8) is 0 Å². The summed E-state index contributed by atoms with van der Waals surface area (Å²) in [5, 5.41) is 0. The van der Waals surface area contributed by atoms with Gasteiger partial charge in [0, 0.05) is 10.0 Å². The Kier molecular flexibility index (Phi) is 6.47. The van der Waals surface area contributed by atoms with Gasteiger partial charge in [-0.05, 0) is 17.5 Å². The van der Waals surface area contributed by atoms with Gasteiger partial charge in [-0.15, -0.1) is 0 Å². The van der Waals surface area contributed by atoms with Crippen LogP contribution in [0.5, 0.6) is 0 Å². The summed E-state index contributed by atoms with van der Waals surface area (Å²) in [6.45, 7) is 0.316. The number of carbonyl (C=O) groups excluding carboxylic acids is 1. The van der Waals surface area contributed by atoms with E-state index in [1.54, 1.807) is 0 Å². The SMILES string of the molecule is O=C(/C=C/CC(I)c1ccccc1)OCc1ccccc1. The minimum absolute atomic E-state index is 0.296. The zero-order valence-electron chi connectivity index (χ0n) is 11.6. The summed E-state index contributed by atoms with van der Waals surface area (Å²) in [7, 11) is 0. The number of alkyl halides is 1. The zero-order valence-corrected chi connectivity index (χ0v) is 13.8. The van der Waals surface area contributed by atoms with Gasteiger partial charge in [-0.2, -0.15) is 0 Å². The molecular weight excluding hydrogens is 375 g/mol. The number of halogens is 1. The van der Waals surface area contributed by atoms with E-state index in [1.807, 2.05) is 54.6 Å². The third-order valence-corrected chi connectivity index (χ3v) is 4.21. The maximum absolute atomic E-state index is 11.6. The Bertz CT molecular complexity index is 579. The van der Waals surface area contributed by atoms with Gasteiger partial charge in [0.25, 0.3) is 0 Å². The van der Waals surface area contributed by atoms with Gasteiger partial charge in [0.05, 0.1) is 0 Å². The van der Waals surface area contributed by atoms with Crippen LogP contribution < -0.4 is 0 Å². The molecular formula is C18H17IO2. The Labute approximate surface area is 139 Å². The Morgan fingerprint density at radius 1 is 1.05 bits per heavy atom. The molecule has 0 aliphatic rings. The van der Waals surface area contributed by atoms with Gasteiger partial charge in [-0.1, -0.05) is 89.3 Å². The number of esters is 1. The summed E-state index contributed by atoms with van der Waals surface area (Å²) >= 11 is 2.38. The maximum atomic E-state index is 11.6. The highest BCUT2D eigenvalue weighted by Gasteiger charge is 2.04. The normalized spacial score (nSPS) is 12.2. The van der Waals surface area contributed by atoms with Crippen LogP contribution in [0, 0.1) is 0 Å². The standard InChI is InChI=1S/C18H17IO2/c19-17(16-10-5-2-6-11-16)12-7-13-18(20)21-14-15-8-3-1-4-9-15/h1-11,13,17H,12,14H2/b13-7+. The predicted molar refractivity (Wildman–Crippen MR) is 93.2 cm³/mol. The second-order valence-corrected chi connectivity index (χ2v) is 6.11. The van der Waals surface area contributed by atoms with Crippen molar-refractivity contribution in [3.8, 4) is 0 Å². The smallest absolute Gasteiger partial charge is 0.330 e. The molecule has 0 saturated heterocycles.